The molecule has 0 spiro atoms. The van der Waals surface area contributed by atoms with E-state index >= 15 is 0 Å². The van der Waals surface area contributed by atoms with Gasteiger partial charge >= 0.3 is 0 Å². The van der Waals surface area contributed by atoms with Gasteiger partial charge in [-0.25, -0.2) is 19.0 Å². The third-order valence-corrected chi connectivity index (χ3v) is 5.24. The molecule has 0 amide bonds. The molecule has 0 fully saturated rings. The Morgan fingerprint density at radius 3 is 2.64 bits per heavy atom. The summed E-state index contributed by atoms with van der Waals surface area (Å²) in [5, 5.41) is 4.15. The van der Waals surface area contributed by atoms with Crippen molar-refractivity contribution < 1.29 is 13.7 Å². The normalized spacial score (nSPS) is 13.3. The minimum Gasteiger partial charge on any atom is -0.493 e. The molecule has 7 nitrogen and oxygen atoms in total. The van der Waals surface area contributed by atoms with Gasteiger partial charge in [-0.1, -0.05) is 12.1 Å². The van der Waals surface area contributed by atoms with Gasteiger partial charge in [-0.3, -0.25) is 0 Å². The van der Waals surface area contributed by atoms with Gasteiger partial charge in [0.15, 0.2) is 11.5 Å². The van der Waals surface area contributed by atoms with Crippen molar-refractivity contribution in [1.29, 1.82) is 4.78 Å². The zero-order valence-electron chi connectivity index (χ0n) is 16.4. The van der Waals surface area contributed by atoms with E-state index in [1.54, 1.807) is 25.3 Å². The van der Waals surface area contributed by atoms with Crippen LogP contribution in [-0.2, 0) is 16.3 Å². The third kappa shape index (κ3) is 4.51. The fraction of sp³-hybridized carbons (Fsp3) is 0.300. The van der Waals surface area contributed by atoms with Crippen LogP contribution in [0.3, 0.4) is 0 Å². The highest BCUT2D eigenvalue weighted by molar-refractivity contribution is 7.91. The second-order valence-electron chi connectivity index (χ2n) is 6.82. The van der Waals surface area contributed by atoms with E-state index in [4.69, 9.17) is 14.3 Å². The Balaban J connectivity index is 1.91. The summed E-state index contributed by atoms with van der Waals surface area (Å²) in [5.41, 5.74) is 1.57. The van der Waals surface area contributed by atoms with Gasteiger partial charge in [0, 0.05) is 28.6 Å². The van der Waals surface area contributed by atoms with Crippen molar-refractivity contribution in [3.8, 4) is 11.5 Å². The van der Waals surface area contributed by atoms with Crippen LogP contribution in [0.5, 0.6) is 11.5 Å². The van der Waals surface area contributed by atoms with E-state index in [-0.39, 0.29) is 12.6 Å². The highest BCUT2D eigenvalue weighted by atomic mass is 32.2. The minimum absolute atomic E-state index is 0.234. The summed E-state index contributed by atoms with van der Waals surface area (Å²) in [6, 6.07) is 11.0. The molecule has 0 aliphatic heterocycles. The molecule has 0 aliphatic carbocycles. The Hall–Kier alpha value is -2.87. The number of benzene rings is 2. The second kappa shape index (κ2) is 8.02. The van der Waals surface area contributed by atoms with Crippen LogP contribution in [0.25, 0.3) is 10.9 Å². The van der Waals surface area contributed by atoms with Crippen LogP contribution < -0.4 is 14.8 Å². The third-order valence-electron chi connectivity index (χ3n) is 4.09. The van der Waals surface area contributed by atoms with E-state index < -0.39 is 9.73 Å². The van der Waals surface area contributed by atoms with Crippen molar-refractivity contribution >= 4 is 26.4 Å². The Labute approximate surface area is 165 Å². The average Bonchev–Trinajstić information content (AvgIpc) is 2.65. The summed E-state index contributed by atoms with van der Waals surface area (Å²) in [7, 11) is -1.19. The van der Waals surface area contributed by atoms with Gasteiger partial charge in [0.25, 0.3) is 0 Å². The zero-order valence-corrected chi connectivity index (χ0v) is 17.2. The van der Waals surface area contributed by atoms with Gasteiger partial charge in [-0.05, 0) is 37.6 Å². The molecule has 2 aromatic carbocycles. The molecule has 2 N–H and O–H groups in total. The smallest absolute Gasteiger partial charge is 0.163 e. The summed E-state index contributed by atoms with van der Waals surface area (Å²) in [6.07, 6.45) is 2.92. The first-order chi connectivity index (χ1) is 13.3. The molecular formula is C20H24N4O3S. The Morgan fingerprint density at radius 1 is 1.18 bits per heavy atom. The molecule has 8 heteroatoms. The number of aromatic nitrogens is 2. The maximum atomic E-state index is 12.0. The van der Waals surface area contributed by atoms with E-state index in [1.165, 1.54) is 12.6 Å². The number of nitrogens with one attached hydrogen (secondary N) is 2. The van der Waals surface area contributed by atoms with E-state index in [9.17, 15) is 4.21 Å². The van der Waals surface area contributed by atoms with Crippen molar-refractivity contribution in [2.75, 3.05) is 18.7 Å². The lowest BCUT2D eigenvalue weighted by Gasteiger charge is -2.15. The molecule has 28 heavy (non-hydrogen) atoms. The highest BCUT2D eigenvalue weighted by Crippen LogP contribution is 2.34. The van der Waals surface area contributed by atoms with Gasteiger partial charge in [0.2, 0.25) is 0 Å². The quantitative estimate of drug-likeness (QED) is 0.620. The van der Waals surface area contributed by atoms with E-state index in [2.05, 4.69) is 15.3 Å². The first-order valence-electron chi connectivity index (χ1n) is 8.82. The largest absolute Gasteiger partial charge is 0.493 e. The fourth-order valence-electron chi connectivity index (χ4n) is 2.76. The van der Waals surface area contributed by atoms with E-state index in [0.717, 1.165) is 22.3 Å². The Kier molecular flexibility index (Phi) is 5.69. The summed E-state index contributed by atoms with van der Waals surface area (Å²) in [6.45, 7) is 4.35. The molecule has 0 bridgehead atoms. The predicted molar refractivity (Wildman–Crippen MR) is 111 cm³/mol. The van der Waals surface area contributed by atoms with Crippen LogP contribution in [-0.4, -0.2) is 33.6 Å². The van der Waals surface area contributed by atoms with Crippen LogP contribution in [0, 0.1) is 4.78 Å². The molecule has 0 radical (unpaired) electrons. The number of ether oxygens (including phenoxy) is 2. The summed E-state index contributed by atoms with van der Waals surface area (Å²) in [5.74, 6) is 1.87. The summed E-state index contributed by atoms with van der Waals surface area (Å²) < 4.78 is 31.1. The number of fused-ring (bicyclic) bond motifs is 1. The number of nitrogens with zero attached hydrogens (tertiary/aromatic N) is 2. The maximum Gasteiger partial charge on any atom is 0.163 e. The molecule has 1 unspecified atom stereocenters. The van der Waals surface area contributed by atoms with Gasteiger partial charge in [-0.2, -0.15) is 0 Å². The SMILES string of the molecule is COc1cc2c(NC(C)C)ncnc2cc1OCc1cccc(S(C)(=N)=O)c1. The van der Waals surface area contributed by atoms with Gasteiger partial charge in [0.1, 0.15) is 18.8 Å². The molecule has 1 atom stereocenters. The molecule has 0 saturated heterocycles. The van der Waals surface area contributed by atoms with Crippen LogP contribution in [0.4, 0.5) is 5.82 Å². The van der Waals surface area contributed by atoms with Crippen LogP contribution in [0.15, 0.2) is 47.6 Å². The summed E-state index contributed by atoms with van der Waals surface area (Å²) >= 11 is 0. The topological polar surface area (TPSA) is 97.2 Å². The molecule has 3 aromatic rings. The second-order valence-corrected chi connectivity index (χ2v) is 8.98. The molecule has 3 rings (SSSR count). The lowest BCUT2D eigenvalue weighted by molar-refractivity contribution is 0.285. The van der Waals surface area contributed by atoms with E-state index in [0.29, 0.717) is 16.4 Å². The van der Waals surface area contributed by atoms with Crippen LogP contribution in [0.1, 0.15) is 19.4 Å². The van der Waals surface area contributed by atoms with Crippen molar-refractivity contribution in [2.45, 2.75) is 31.4 Å². The van der Waals surface area contributed by atoms with Gasteiger partial charge in [0.05, 0.1) is 22.4 Å². The van der Waals surface area contributed by atoms with E-state index in [1.807, 2.05) is 32.0 Å². The molecular weight excluding hydrogens is 376 g/mol. The first-order valence-corrected chi connectivity index (χ1v) is 10.8. The summed E-state index contributed by atoms with van der Waals surface area (Å²) in [4.78, 5) is 9.13. The fourth-order valence-corrected chi connectivity index (χ4v) is 3.48. The lowest BCUT2D eigenvalue weighted by atomic mass is 10.2. The highest BCUT2D eigenvalue weighted by Gasteiger charge is 2.13. The number of anilines is 1. The molecule has 0 aliphatic rings. The Morgan fingerprint density at radius 2 is 1.96 bits per heavy atom. The van der Waals surface area contributed by atoms with Crippen molar-refractivity contribution in [2.24, 2.45) is 0 Å². The predicted octanol–water partition coefficient (Wildman–Crippen LogP) is 4.07. The number of hydrogen-bond acceptors (Lipinski definition) is 7. The van der Waals surface area contributed by atoms with Crippen molar-refractivity contribution in [3.05, 3.63) is 48.3 Å². The average molecular weight is 401 g/mol. The monoisotopic (exact) mass is 400 g/mol. The van der Waals surface area contributed by atoms with Crippen LogP contribution in [0.2, 0.25) is 0 Å². The van der Waals surface area contributed by atoms with Gasteiger partial charge < -0.3 is 14.8 Å². The lowest BCUT2D eigenvalue weighted by Crippen LogP contribution is -2.11. The standard InChI is InChI=1S/C20H24N4O3S/c1-13(2)24-20-16-9-18(26-3)19(10-17(16)22-12-23-20)27-11-14-6-5-7-15(8-14)28(4,21)25/h5-10,12-13,21H,11H2,1-4H3,(H,22,23,24). The molecule has 148 valence electrons. The molecule has 0 saturated carbocycles. The van der Waals surface area contributed by atoms with Crippen molar-refractivity contribution in [1.82, 2.24) is 9.97 Å². The Bertz CT molecular complexity index is 1100. The van der Waals surface area contributed by atoms with Gasteiger partial charge in [-0.15, -0.1) is 0 Å². The van der Waals surface area contributed by atoms with Crippen molar-refractivity contribution in [3.63, 3.8) is 0 Å². The molecule has 1 aromatic heterocycles. The number of hydrogen-bond donors (Lipinski definition) is 2. The first kappa shape index (κ1) is 19.9. The number of methoxy groups -OCH3 is 1. The minimum atomic E-state index is -2.77. The number of rotatable bonds is 7. The maximum absolute atomic E-state index is 12.0. The zero-order chi connectivity index (χ0) is 20.3. The van der Waals surface area contributed by atoms with Crippen LogP contribution >= 0.6 is 0 Å². The molecule has 1 heterocycles.